The van der Waals surface area contributed by atoms with Crippen molar-refractivity contribution in [3.05, 3.63) is 58.7 Å². The number of sulfonamides is 1. The van der Waals surface area contributed by atoms with Gasteiger partial charge in [0.05, 0.1) is 4.90 Å². The summed E-state index contributed by atoms with van der Waals surface area (Å²) in [4.78, 5) is 13.3. The Bertz CT molecular complexity index is 1070. The highest BCUT2D eigenvalue weighted by Gasteiger charge is 2.32. The summed E-state index contributed by atoms with van der Waals surface area (Å²) in [6, 6.07) is 11.1. The van der Waals surface area contributed by atoms with E-state index in [1.54, 1.807) is 23.5 Å². The van der Waals surface area contributed by atoms with Gasteiger partial charge < -0.3 is 5.32 Å². The second-order valence-corrected chi connectivity index (χ2v) is 10.8. The number of hydrogen-bond acceptors (Lipinski definition) is 3. The number of fused-ring (bicyclic) bond motifs is 1. The Balaban J connectivity index is 1.67. The Hall–Kier alpha value is -2.18. The lowest BCUT2D eigenvalue weighted by molar-refractivity contribution is 0.102. The molecule has 0 bridgehead atoms. The Labute approximate surface area is 185 Å². The van der Waals surface area contributed by atoms with Crippen molar-refractivity contribution in [1.82, 2.24) is 4.31 Å². The molecule has 31 heavy (non-hydrogen) atoms. The number of benzene rings is 2. The van der Waals surface area contributed by atoms with E-state index in [-0.39, 0.29) is 11.9 Å². The first kappa shape index (κ1) is 22.0. The molecule has 0 saturated heterocycles. The van der Waals surface area contributed by atoms with Gasteiger partial charge in [-0.25, -0.2) is 8.42 Å². The number of rotatable bonds is 5. The SMILES string of the molecule is Cc1ccccc1C(=O)Nc1ccc(S(=O)(=O)N(C)C2CCCCC2)c2c1CCCC2. The van der Waals surface area contributed by atoms with Crippen LogP contribution in [-0.4, -0.2) is 31.7 Å². The molecule has 2 aliphatic carbocycles. The van der Waals surface area contributed by atoms with Crippen molar-refractivity contribution >= 4 is 21.6 Å². The van der Waals surface area contributed by atoms with Crippen LogP contribution in [0.1, 0.15) is 72.0 Å². The minimum atomic E-state index is -3.56. The lowest BCUT2D eigenvalue weighted by atomic mass is 9.90. The molecular formula is C25H32N2O3S. The number of carbonyl (C=O) groups is 1. The van der Waals surface area contributed by atoms with E-state index >= 15 is 0 Å². The molecule has 1 saturated carbocycles. The first-order chi connectivity index (χ1) is 14.9. The van der Waals surface area contributed by atoms with Gasteiger partial charge in [0.25, 0.3) is 5.91 Å². The van der Waals surface area contributed by atoms with Crippen LogP contribution in [0.4, 0.5) is 5.69 Å². The van der Waals surface area contributed by atoms with E-state index in [0.29, 0.717) is 10.5 Å². The lowest BCUT2D eigenvalue weighted by Gasteiger charge is -2.32. The van der Waals surface area contributed by atoms with Crippen molar-refractivity contribution in [3.8, 4) is 0 Å². The van der Waals surface area contributed by atoms with Gasteiger partial charge in [-0.15, -0.1) is 0 Å². The molecule has 0 atom stereocenters. The molecule has 2 aliphatic rings. The van der Waals surface area contributed by atoms with Crippen LogP contribution in [0.5, 0.6) is 0 Å². The quantitative estimate of drug-likeness (QED) is 0.705. The summed E-state index contributed by atoms with van der Waals surface area (Å²) in [7, 11) is -1.83. The Morgan fingerprint density at radius 3 is 2.32 bits per heavy atom. The number of nitrogens with zero attached hydrogens (tertiary/aromatic N) is 1. The van der Waals surface area contributed by atoms with E-state index in [1.165, 1.54) is 6.42 Å². The largest absolute Gasteiger partial charge is 0.322 e. The first-order valence-corrected chi connectivity index (χ1v) is 12.8. The Kier molecular flexibility index (Phi) is 6.49. The predicted octanol–water partition coefficient (Wildman–Crippen LogP) is 5.08. The van der Waals surface area contributed by atoms with Gasteiger partial charge in [0, 0.05) is 24.3 Å². The number of hydrogen-bond donors (Lipinski definition) is 1. The van der Waals surface area contributed by atoms with E-state index < -0.39 is 10.0 Å². The third kappa shape index (κ3) is 4.41. The monoisotopic (exact) mass is 440 g/mol. The summed E-state index contributed by atoms with van der Waals surface area (Å²) in [6.45, 7) is 1.92. The van der Waals surface area contributed by atoms with Crippen molar-refractivity contribution in [2.75, 3.05) is 12.4 Å². The van der Waals surface area contributed by atoms with Crippen molar-refractivity contribution < 1.29 is 13.2 Å². The summed E-state index contributed by atoms with van der Waals surface area (Å²) in [5.41, 5.74) is 4.16. The minimum absolute atomic E-state index is 0.0819. The molecule has 5 nitrogen and oxygen atoms in total. The zero-order valence-electron chi connectivity index (χ0n) is 18.5. The summed E-state index contributed by atoms with van der Waals surface area (Å²) in [6.07, 6.45) is 8.73. The topological polar surface area (TPSA) is 66.5 Å². The molecule has 0 aliphatic heterocycles. The van der Waals surface area contributed by atoms with Gasteiger partial charge in [-0.1, -0.05) is 37.5 Å². The van der Waals surface area contributed by atoms with Crippen LogP contribution in [0.15, 0.2) is 41.3 Å². The van der Waals surface area contributed by atoms with Crippen LogP contribution in [-0.2, 0) is 22.9 Å². The van der Waals surface area contributed by atoms with Crippen LogP contribution in [0.3, 0.4) is 0 Å². The normalized spacial score (nSPS) is 17.4. The molecule has 1 fully saturated rings. The zero-order chi connectivity index (χ0) is 22.0. The molecule has 4 rings (SSSR count). The van der Waals surface area contributed by atoms with E-state index in [0.717, 1.165) is 73.7 Å². The van der Waals surface area contributed by atoms with Crippen LogP contribution in [0.2, 0.25) is 0 Å². The number of amides is 1. The molecule has 166 valence electrons. The van der Waals surface area contributed by atoms with E-state index in [4.69, 9.17) is 0 Å². The van der Waals surface area contributed by atoms with E-state index in [2.05, 4.69) is 5.32 Å². The number of nitrogens with one attached hydrogen (secondary N) is 1. The molecule has 1 N–H and O–H groups in total. The van der Waals surface area contributed by atoms with Gasteiger partial charge in [-0.3, -0.25) is 4.79 Å². The summed E-state index contributed by atoms with van der Waals surface area (Å²) < 4.78 is 28.7. The predicted molar refractivity (Wildman–Crippen MR) is 124 cm³/mol. The average molecular weight is 441 g/mol. The Morgan fingerprint density at radius 1 is 0.935 bits per heavy atom. The van der Waals surface area contributed by atoms with Gasteiger partial charge in [0.15, 0.2) is 0 Å². The molecule has 6 heteroatoms. The second-order valence-electron chi connectivity index (χ2n) is 8.86. The summed E-state index contributed by atoms with van der Waals surface area (Å²) in [5.74, 6) is -0.152. The highest BCUT2D eigenvalue weighted by atomic mass is 32.2. The molecule has 2 aromatic rings. The smallest absolute Gasteiger partial charge is 0.255 e. The summed E-state index contributed by atoms with van der Waals surface area (Å²) in [5, 5.41) is 3.05. The maximum atomic E-state index is 13.5. The van der Waals surface area contributed by atoms with Crippen LogP contribution >= 0.6 is 0 Å². The van der Waals surface area contributed by atoms with Crippen molar-refractivity contribution in [2.24, 2.45) is 0 Å². The molecule has 0 unspecified atom stereocenters. The lowest BCUT2D eigenvalue weighted by Crippen LogP contribution is -2.38. The highest BCUT2D eigenvalue weighted by molar-refractivity contribution is 7.89. The van der Waals surface area contributed by atoms with Crippen molar-refractivity contribution in [3.63, 3.8) is 0 Å². The third-order valence-corrected chi connectivity index (χ3v) is 8.87. The van der Waals surface area contributed by atoms with Crippen LogP contribution in [0, 0.1) is 6.92 Å². The molecular weight excluding hydrogens is 408 g/mol. The van der Waals surface area contributed by atoms with Gasteiger partial charge >= 0.3 is 0 Å². The molecule has 2 aromatic carbocycles. The van der Waals surface area contributed by atoms with Crippen molar-refractivity contribution in [2.45, 2.75) is 75.6 Å². The zero-order valence-corrected chi connectivity index (χ0v) is 19.3. The van der Waals surface area contributed by atoms with Crippen LogP contribution in [0.25, 0.3) is 0 Å². The van der Waals surface area contributed by atoms with E-state index in [9.17, 15) is 13.2 Å². The van der Waals surface area contributed by atoms with Crippen LogP contribution < -0.4 is 5.32 Å². The minimum Gasteiger partial charge on any atom is -0.322 e. The average Bonchev–Trinajstić information content (AvgIpc) is 2.79. The standard InChI is InChI=1S/C25H32N2O3S/c1-18-10-6-7-13-20(18)25(28)26-23-16-17-24(22-15-9-8-14-21(22)23)31(29,30)27(2)19-11-4-3-5-12-19/h6-7,10,13,16-17,19H,3-5,8-9,11-12,14-15H2,1-2H3,(H,26,28). The van der Waals surface area contributed by atoms with Gasteiger partial charge in [0.2, 0.25) is 10.0 Å². The first-order valence-electron chi connectivity index (χ1n) is 11.4. The number of anilines is 1. The second kappa shape index (κ2) is 9.13. The molecule has 1 amide bonds. The third-order valence-electron chi connectivity index (χ3n) is 6.88. The number of carbonyl (C=O) groups excluding carboxylic acids is 1. The fourth-order valence-electron chi connectivity index (χ4n) is 5.01. The molecule has 0 heterocycles. The molecule has 0 spiro atoms. The maximum absolute atomic E-state index is 13.5. The van der Waals surface area contributed by atoms with E-state index in [1.807, 2.05) is 31.2 Å². The fourth-order valence-corrected chi connectivity index (χ4v) is 6.70. The van der Waals surface area contributed by atoms with Crippen molar-refractivity contribution in [1.29, 1.82) is 0 Å². The fraction of sp³-hybridized carbons (Fsp3) is 0.480. The number of aryl methyl sites for hydroxylation is 1. The summed E-state index contributed by atoms with van der Waals surface area (Å²) >= 11 is 0. The maximum Gasteiger partial charge on any atom is 0.255 e. The van der Waals surface area contributed by atoms with Gasteiger partial charge in [0.1, 0.15) is 0 Å². The Morgan fingerprint density at radius 2 is 1.61 bits per heavy atom. The van der Waals surface area contributed by atoms with Gasteiger partial charge in [-0.05, 0) is 80.3 Å². The highest BCUT2D eigenvalue weighted by Crippen LogP contribution is 2.36. The molecule has 0 aromatic heterocycles. The molecule has 0 radical (unpaired) electrons. The van der Waals surface area contributed by atoms with Gasteiger partial charge in [-0.2, -0.15) is 4.31 Å².